The molecule has 130 valence electrons. The molecule has 0 aromatic carbocycles. The molecule has 0 bridgehead atoms. The lowest BCUT2D eigenvalue weighted by Gasteiger charge is -2.17. The van der Waals surface area contributed by atoms with Gasteiger partial charge < -0.3 is 32.0 Å². The molecule has 0 saturated carbocycles. The largest absolute Gasteiger partial charge is 0.535 e. The van der Waals surface area contributed by atoms with Crippen molar-refractivity contribution >= 4 is 27.6 Å². The molecule has 0 rings (SSSR count). The number of rotatable bonds is 10. The minimum absolute atomic E-state index is 0.676. The second-order valence-corrected chi connectivity index (χ2v) is 6.02. The first-order chi connectivity index (χ1) is 10.3. The number of carbonyl (C=O) groups is 2. The van der Waals surface area contributed by atoms with Gasteiger partial charge in [-0.05, 0) is 0 Å². The normalized spacial score (nSPS) is 12.0. The van der Waals surface area contributed by atoms with Gasteiger partial charge in [0, 0.05) is 0 Å². The van der Waals surface area contributed by atoms with Crippen molar-refractivity contribution in [3.05, 3.63) is 0 Å². The molecule has 0 fully saturated rings. The minimum atomic E-state index is -4.55. The summed E-state index contributed by atoms with van der Waals surface area (Å²) in [4.78, 5) is 22.8. The molecule has 22 heavy (non-hydrogen) atoms. The summed E-state index contributed by atoms with van der Waals surface area (Å²) >= 11 is 0. The molecule has 0 aliphatic heterocycles. The predicted molar refractivity (Wildman–Crippen MR) is 68.0 cm³/mol. The molecule has 8 N–H and O–H groups in total. The van der Waals surface area contributed by atoms with E-state index in [0.29, 0.717) is 0 Å². The Morgan fingerprint density at radius 2 is 0.864 bits per heavy atom. The van der Waals surface area contributed by atoms with E-state index in [0.717, 1.165) is 0 Å². The van der Waals surface area contributed by atoms with Gasteiger partial charge in [-0.2, -0.15) is 0 Å². The van der Waals surface area contributed by atoms with Gasteiger partial charge in [0.25, 0.3) is 0 Å². The highest BCUT2D eigenvalue weighted by Gasteiger charge is 2.39. The quantitative estimate of drug-likeness (QED) is 0.186. The summed E-state index contributed by atoms with van der Waals surface area (Å²) in [7, 11) is -9.09. The molecule has 16 heteroatoms. The van der Waals surface area contributed by atoms with Crippen LogP contribution in [0, 0.1) is 0 Å². The van der Waals surface area contributed by atoms with Gasteiger partial charge in [0.1, 0.15) is 26.9 Å². The van der Waals surface area contributed by atoms with E-state index >= 15 is 0 Å². The lowest BCUT2D eigenvalue weighted by Crippen LogP contribution is -2.23. The lowest BCUT2D eigenvalue weighted by atomic mass is 10.7. The number of phosphoric ester groups is 2. The summed E-state index contributed by atoms with van der Waals surface area (Å²) in [5, 5.41) is 0. The van der Waals surface area contributed by atoms with Crippen LogP contribution in [0.25, 0.3) is 0 Å². The van der Waals surface area contributed by atoms with E-state index in [9.17, 15) is 18.7 Å². The fourth-order valence-corrected chi connectivity index (χ4v) is 2.47. The van der Waals surface area contributed by atoms with Crippen LogP contribution in [-0.4, -0.2) is 38.9 Å². The minimum Gasteiger partial charge on any atom is -0.362 e. The smallest absolute Gasteiger partial charge is 0.362 e. The van der Waals surface area contributed by atoms with Crippen LogP contribution in [0.1, 0.15) is 0 Å². The first kappa shape index (κ1) is 21.1. The number of hydrogen-bond acceptors (Lipinski definition) is 14. The van der Waals surface area contributed by atoms with Gasteiger partial charge >= 0.3 is 27.6 Å². The summed E-state index contributed by atoms with van der Waals surface area (Å²) in [5.41, 5.74) is 19.8. The molecule has 0 aromatic heterocycles. The Labute approximate surface area is 124 Å². The number of carbonyl (C=O) groups excluding carboxylic acids is 2. The van der Waals surface area contributed by atoms with Gasteiger partial charge in [-0.25, -0.2) is 18.7 Å². The Morgan fingerprint density at radius 3 is 1.05 bits per heavy atom. The van der Waals surface area contributed by atoms with Gasteiger partial charge in [0.05, 0.1) is 0 Å². The average Bonchev–Trinajstić information content (AvgIpc) is 2.38. The average molecular weight is 366 g/mol. The molecule has 0 spiro atoms. The third-order valence-corrected chi connectivity index (χ3v) is 4.13. The van der Waals surface area contributed by atoms with Crippen LogP contribution in [0.4, 0.5) is 0 Å². The molecule has 0 amide bonds. The van der Waals surface area contributed by atoms with E-state index in [1.807, 2.05) is 0 Å². The maximum atomic E-state index is 11.7. The maximum absolute atomic E-state index is 11.7. The first-order valence-corrected chi connectivity index (χ1v) is 8.24. The zero-order chi connectivity index (χ0) is 17.2. The predicted octanol–water partition coefficient (Wildman–Crippen LogP) is -1.98. The second-order valence-electron chi connectivity index (χ2n) is 2.83. The van der Waals surface area contributed by atoms with Gasteiger partial charge in [0.2, 0.25) is 0 Å². The first-order valence-electron chi connectivity index (χ1n) is 5.31. The van der Waals surface area contributed by atoms with Gasteiger partial charge in [-0.1, -0.05) is 0 Å². The van der Waals surface area contributed by atoms with Crippen molar-refractivity contribution in [3.8, 4) is 0 Å². The van der Waals surface area contributed by atoms with Crippen molar-refractivity contribution in [2.75, 3.05) is 26.9 Å². The zero-order valence-corrected chi connectivity index (χ0v) is 12.9. The van der Waals surface area contributed by atoms with E-state index in [1.165, 1.54) is 0 Å². The third kappa shape index (κ3) is 7.38. The molecule has 0 saturated heterocycles. The summed E-state index contributed by atoms with van der Waals surface area (Å²) in [6.07, 6.45) is 0. The van der Waals surface area contributed by atoms with Gasteiger partial charge in [-0.3, -0.25) is 18.1 Å². The Balaban J connectivity index is 4.87. The molecule has 0 atom stereocenters. The Kier molecular flexibility index (Phi) is 9.55. The number of hydrogen-bond donors (Lipinski definition) is 4. The summed E-state index contributed by atoms with van der Waals surface area (Å²) in [6, 6.07) is 0. The van der Waals surface area contributed by atoms with Crippen LogP contribution in [-0.2, 0) is 45.9 Å². The lowest BCUT2D eigenvalue weighted by molar-refractivity contribution is -0.158. The third-order valence-electron chi connectivity index (χ3n) is 1.49. The Hall–Kier alpha value is -0.920. The molecule has 0 radical (unpaired) electrons. The number of phosphoric acid groups is 2. The molecule has 0 unspecified atom stereocenters. The molecule has 14 nitrogen and oxygen atoms in total. The molecule has 0 heterocycles. The van der Waals surface area contributed by atoms with Gasteiger partial charge in [-0.15, -0.1) is 0 Å². The maximum Gasteiger partial charge on any atom is 0.535 e. The molecule has 0 aliphatic carbocycles. The van der Waals surface area contributed by atoms with E-state index < -0.39 is 54.5 Å². The number of nitrogens with two attached hydrogens (primary N) is 4. The molecule has 0 aromatic rings. The van der Waals surface area contributed by atoms with Crippen molar-refractivity contribution in [1.82, 2.24) is 0 Å². The van der Waals surface area contributed by atoms with Crippen LogP contribution in [0.2, 0.25) is 0 Å². The van der Waals surface area contributed by atoms with Crippen LogP contribution in [0.3, 0.4) is 0 Å². The SMILES string of the molecule is NCOP(=O)(OCN)OC(=O)C(=O)OP(=O)(OCN)OCN. The van der Waals surface area contributed by atoms with Crippen molar-refractivity contribution < 1.29 is 45.9 Å². The van der Waals surface area contributed by atoms with Crippen LogP contribution < -0.4 is 22.9 Å². The van der Waals surface area contributed by atoms with Crippen LogP contribution in [0.5, 0.6) is 0 Å². The second kappa shape index (κ2) is 9.97. The standard InChI is InChI=1S/C6H16N4O10P2/c7-1-15-21(13,16-2-8)19-5(11)6(12)20-22(14,17-3-9)18-4-10/h1-4,7-10H2. The van der Waals surface area contributed by atoms with E-state index in [-0.39, 0.29) is 0 Å². The monoisotopic (exact) mass is 366 g/mol. The highest BCUT2D eigenvalue weighted by atomic mass is 31.2. The highest BCUT2D eigenvalue weighted by molar-refractivity contribution is 7.50. The van der Waals surface area contributed by atoms with Gasteiger partial charge in [0.15, 0.2) is 0 Å². The molecular formula is C6H16N4O10P2. The Bertz CT molecular complexity index is 410. The fraction of sp³-hybridized carbons (Fsp3) is 0.667. The summed E-state index contributed by atoms with van der Waals surface area (Å²) < 4.78 is 49.0. The van der Waals surface area contributed by atoms with E-state index in [1.54, 1.807) is 0 Å². The summed E-state index contributed by atoms with van der Waals surface area (Å²) in [6.45, 7) is -2.70. The van der Waals surface area contributed by atoms with Crippen LogP contribution >= 0.6 is 15.6 Å². The molecular weight excluding hydrogens is 350 g/mol. The van der Waals surface area contributed by atoms with Crippen LogP contribution in [0.15, 0.2) is 0 Å². The summed E-state index contributed by atoms with van der Waals surface area (Å²) in [5.74, 6) is -3.79. The van der Waals surface area contributed by atoms with Crippen molar-refractivity contribution in [2.45, 2.75) is 0 Å². The molecule has 0 aliphatic rings. The van der Waals surface area contributed by atoms with Crippen molar-refractivity contribution in [1.29, 1.82) is 0 Å². The Morgan fingerprint density at radius 1 is 0.636 bits per heavy atom. The highest BCUT2D eigenvalue weighted by Crippen LogP contribution is 2.51. The van der Waals surface area contributed by atoms with E-state index in [2.05, 4.69) is 27.1 Å². The van der Waals surface area contributed by atoms with Crippen molar-refractivity contribution in [2.24, 2.45) is 22.9 Å². The zero-order valence-electron chi connectivity index (χ0n) is 11.1. The fourth-order valence-electron chi connectivity index (χ4n) is 0.823. The van der Waals surface area contributed by atoms with Crippen molar-refractivity contribution in [3.63, 3.8) is 0 Å². The topological polar surface area (TPSA) is 228 Å². The van der Waals surface area contributed by atoms with E-state index in [4.69, 9.17) is 22.9 Å².